The number of tetrazole rings is 1. The van der Waals surface area contributed by atoms with E-state index in [1.807, 2.05) is 24.3 Å². The van der Waals surface area contributed by atoms with Crippen molar-refractivity contribution in [1.82, 2.24) is 25.5 Å². The Morgan fingerprint density at radius 1 is 1.42 bits per heavy atom. The summed E-state index contributed by atoms with van der Waals surface area (Å²) in [5.41, 5.74) is 1.72. The summed E-state index contributed by atoms with van der Waals surface area (Å²) in [5, 5.41) is 22.6. The number of carbonyl (C=O) groups is 1. The van der Waals surface area contributed by atoms with E-state index in [1.54, 1.807) is 6.92 Å². The van der Waals surface area contributed by atoms with E-state index in [0.717, 1.165) is 11.3 Å². The third-order valence-corrected chi connectivity index (χ3v) is 2.51. The van der Waals surface area contributed by atoms with Gasteiger partial charge < -0.3 is 10.4 Å². The van der Waals surface area contributed by atoms with Crippen LogP contribution in [0, 0.1) is 0 Å². The molecule has 1 atom stereocenters. The lowest BCUT2D eigenvalue weighted by atomic mass is 10.1. The van der Waals surface area contributed by atoms with Gasteiger partial charge in [-0.2, -0.15) is 0 Å². The predicted octanol–water partition coefficient (Wildman–Crippen LogP) is -0.298. The lowest BCUT2D eigenvalue weighted by Crippen LogP contribution is -2.31. The van der Waals surface area contributed by atoms with Gasteiger partial charge in [0.05, 0.1) is 18.2 Å². The number of aromatic nitrogens is 4. The second-order valence-corrected chi connectivity index (χ2v) is 4.25. The highest BCUT2D eigenvalue weighted by molar-refractivity contribution is 5.78. The third-order valence-electron chi connectivity index (χ3n) is 2.51. The maximum atomic E-state index is 11.6. The van der Waals surface area contributed by atoms with Gasteiger partial charge in [-0.15, -0.1) is 5.10 Å². The zero-order chi connectivity index (χ0) is 13.7. The quantitative estimate of drug-likeness (QED) is 0.771. The van der Waals surface area contributed by atoms with Crippen LogP contribution >= 0.6 is 0 Å². The van der Waals surface area contributed by atoms with E-state index >= 15 is 0 Å². The Balaban J connectivity index is 1.94. The molecule has 7 nitrogen and oxygen atoms in total. The lowest BCUT2D eigenvalue weighted by Gasteiger charge is -2.07. The number of hydrogen-bond donors (Lipinski definition) is 2. The second kappa shape index (κ2) is 6.05. The summed E-state index contributed by atoms with van der Waals surface area (Å²) < 4.78 is 1.54. The van der Waals surface area contributed by atoms with E-state index < -0.39 is 6.10 Å². The molecule has 0 saturated heterocycles. The van der Waals surface area contributed by atoms with Gasteiger partial charge in [0, 0.05) is 6.54 Å². The maximum absolute atomic E-state index is 11.6. The first kappa shape index (κ1) is 13.2. The molecule has 0 saturated carbocycles. The molecule has 2 rings (SSSR count). The molecule has 0 radical (unpaired) electrons. The largest absolute Gasteiger partial charge is 0.392 e. The standard InChI is InChI=1S/C12H15N5O2/c1-9(18)7-13-12(19)6-10-2-4-11(5-3-10)17-8-14-15-16-17/h2-5,8-9,18H,6-7H2,1H3,(H,13,19). The predicted molar refractivity (Wildman–Crippen MR) is 67.5 cm³/mol. The van der Waals surface area contributed by atoms with Crippen LogP contribution in [0.15, 0.2) is 30.6 Å². The molecular formula is C12H15N5O2. The van der Waals surface area contributed by atoms with Crippen molar-refractivity contribution >= 4 is 5.91 Å². The summed E-state index contributed by atoms with van der Waals surface area (Å²) in [6, 6.07) is 7.37. The van der Waals surface area contributed by atoms with Crippen LogP contribution in [-0.2, 0) is 11.2 Å². The first-order valence-corrected chi connectivity index (χ1v) is 5.92. The third kappa shape index (κ3) is 3.85. The summed E-state index contributed by atoms with van der Waals surface area (Å²) in [7, 11) is 0. The lowest BCUT2D eigenvalue weighted by molar-refractivity contribution is -0.120. The van der Waals surface area contributed by atoms with Crippen LogP contribution in [0.4, 0.5) is 0 Å². The van der Waals surface area contributed by atoms with Crippen LogP contribution in [0.5, 0.6) is 0 Å². The van der Waals surface area contributed by atoms with Gasteiger partial charge >= 0.3 is 0 Å². The van der Waals surface area contributed by atoms with Crippen molar-refractivity contribution in [2.24, 2.45) is 0 Å². The van der Waals surface area contributed by atoms with E-state index in [9.17, 15) is 4.79 Å². The normalized spacial score (nSPS) is 12.1. The second-order valence-electron chi connectivity index (χ2n) is 4.25. The van der Waals surface area contributed by atoms with Gasteiger partial charge in [0.25, 0.3) is 0 Å². The molecule has 1 unspecified atom stereocenters. The SMILES string of the molecule is CC(O)CNC(=O)Cc1ccc(-n2cnnn2)cc1. The molecule has 1 amide bonds. The molecule has 0 fully saturated rings. The van der Waals surface area contributed by atoms with E-state index in [2.05, 4.69) is 20.8 Å². The minimum Gasteiger partial charge on any atom is -0.392 e. The number of hydrogen-bond acceptors (Lipinski definition) is 5. The zero-order valence-electron chi connectivity index (χ0n) is 10.5. The van der Waals surface area contributed by atoms with E-state index in [1.165, 1.54) is 11.0 Å². The van der Waals surface area contributed by atoms with Crippen LogP contribution in [0.1, 0.15) is 12.5 Å². The highest BCUT2D eigenvalue weighted by atomic mass is 16.3. The molecule has 1 aromatic carbocycles. The molecule has 1 heterocycles. The fraction of sp³-hybridized carbons (Fsp3) is 0.333. The van der Waals surface area contributed by atoms with Gasteiger partial charge in [0.15, 0.2) is 0 Å². The van der Waals surface area contributed by atoms with E-state index in [-0.39, 0.29) is 18.9 Å². The molecule has 0 spiro atoms. The van der Waals surface area contributed by atoms with Crippen LogP contribution in [0.2, 0.25) is 0 Å². The smallest absolute Gasteiger partial charge is 0.224 e. The average Bonchev–Trinajstić information content (AvgIpc) is 2.91. The van der Waals surface area contributed by atoms with Crippen molar-refractivity contribution in [2.45, 2.75) is 19.4 Å². The summed E-state index contributed by atoms with van der Waals surface area (Å²) in [4.78, 5) is 11.6. The van der Waals surface area contributed by atoms with E-state index in [4.69, 9.17) is 5.11 Å². The number of carbonyl (C=O) groups excluding carboxylic acids is 1. The van der Waals surface area contributed by atoms with Crippen LogP contribution in [-0.4, -0.2) is 43.9 Å². The summed E-state index contributed by atoms with van der Waals surface area (Å²) in [6.45, 7) is 1.89. The Morgan fingerprint density at radius 3 is 2.74 bits per heavy atom. The van der Waals surface area contributed by atoms with E-state index in [0.29, 0.717) is 0 Å². The van der Waals surface area contributed by atoms with Gasteiger partial charge in [-0.05, 0) is 35.0 Å². The van der Waals surface area contributed by atoms with Crippen molar-refractivity contribution in [3.05, 3.63) is 36.2 Å². The molecule has 0 aliphatic heterocycles. The van der Waals surface area contributed by atoms with Crippen molar-refractivity contribution < 1.29 is 9.90 Å². The highest BCUT2D eigenvalue weighted by Gasteiger charge is 2.05. The summed E-state index contributed by atoms with van der Waals surface area (Å²) in [6.07, 6.45) is 1.25. The molecule has 100 valence electrons. The molecule has 0 bridgehead atoms. The van der Waals surface area contributed by atoms with Crippen LogP contribution in [0.3, 0.4) is 0 Å². The number of amides is 1. The minimum absolute atomic E-state index is 0.115. The topological polar surface area (TPSA) is 92.9 Å². The number of aliphatic hydroxyl groups excluding tert-OH is 1. The minimum atomic E-state index is -0.536. The highest BCUT2D eigenvalue weighted by Crippen LogP contribution is 2.08. The number of nitrogens with one attached hydrogen (secondary N) is 1. The molecule has 7 heteroatoms. The maximum Gasteiger partial charge on any atom is 0.224 e. The van der Waals surface area contributed by atoms with Crippen molar-refractivity contribution in [2.75, 3.05) is 6.54 Å². The van der Waals surface area contributed by atoms with Gasteiger partial charge in [-0.1, -0.05) is 12.1 Å². The average molecular weight is 261 g/mol. The number of rotatable bonds is 5. The Labute approximate surface area is 110 Å². The first-order chi connectivity index (χ1) is 9.15. The molecule has 2 aromatic rings. The molecule has 2 N–H and O–H groups in total. The van der Waals surface area contributed by atoms with Gasteiger partial charge in [-0.3, -0.25) is 4.79 Å². The molecule has 1 aromatic heterocycles. The summed E-state index contributed by atoms with van der Waals surface area (Å²) >= 11 is 0. The van der Waals surface area contributed by atoms with Gasteiger partial charge in [0.2, 0.25) is 5.91 Å². The molecule has 0 aliphatic rings. The monoisotopic (exact) mass is 261 g/mol. The number of nitrogens with zero attached hydrogens (tertiary/aromatic N) is 4. The molecule has 0 aliphatic carbocycles. The zero-order valence-corrected chi connectivity index (χ0v) is 10.5. The van der Waals surface area contributed by atoms with Crippen molar-refractivity contribution in [1.29, 1.82) is 0 Å². The first-order valence-electron chi connectivity index (χ1n) is 5.92. The molecular weight excluding hydrogens is 246 g/mol. The van der Waals surface area contributed by atoms with Crippen molar-refractivity contribution in [3.63, 3.8) is 0 Å². The number of aliphatic hydroxyl groups is 1. The number of benzene rings is 1. The Morgan fingerprint density at radius 2 is 2.16 bits per heavy atom. The summed E-state index contributed by atoms with van der Waals surface area (Å²) in [5.74, 6) is -0.115. The Bertz CT molecular complexity index is 522. The Kier molecular flexibility index (Phi) is 4.19. The molecule has 19 heavy (non-hydrogen) atoms. The van der Waals surface area contributed by atoms with Crippen LogP contribution in [0.25, 0.3) is 5.69 Å². The fourth-order valence-corrected chi connectivity index (χ4v) is 1.56. The van der Waals surface area contributed by atoms with Crippen LogP contribution < -0.4 is 5.32 Å². The Hall–Kier alpha value is -2.28. The van der Waals surface area contributed by atoms with Crippen molar-refractivity contribution in [3.8, 4) is 5.69 Å². The van der Waals surface area contributed by atoms with Gasteiger partial charge in [-0.25, -0.2) is 4.68 Å². The fourth-order valence-electron chi connectivity index (χ4n) is 1.56. The van der Waals surface area contributed by atoms with Gasteiger partial charge in [0.1, 0.15) is 6.33 Å².